The highest BCUT2D eigenvalue weighted by atomic mass is 35.5. The van der Waals surface area contributed by atoms with E-state index in [1.807, 2.05) is 0 Å². The molecule has 3 rings (SSSR count). The van der Waals surface area contributed by atoms with Crippen molar-refractivity contribution in [2.45, 2.75) is 41.5 Å². The maximum atomic E-state index is 6.33. The first-order valence-electron chi connectivity index (χ1n) is 9.54. The molecule has 1 aromatic carbocycles. The fourth-order valence-electron chi connectivity index (χ4n) is 3.49. The number of hydrogen-bond donors (Lipinski definition) is 0. The molecule has 0 aliphatic carbocycles. The second kappa shape index (κ2) is 8.15. The van der Waals surface area contributed by atoms with Crippen LogP contribution in [0.1, 0.15) is 38.1 Å². The van der Waals surface area contributed by atoms with Crippen LogP contribution in [-0.4, -0.2) is 23.1 Å². The van der Waals surface area contributed by atoms with Gasteiger partial charge in [-0.15, -0.1) is 11.3 Å². The first-order valence-corrected chi connectivity index (χ1v) is 10.7. The van der Waals surface area contributed by atoms with Crippen LogP contribution in [0.15, 0.2) is 24.3 Å². The third kappa shape index (κ3) is 4.44. The van der Waals surface area contributed by atoms with Crippen LogP contribution in [0, 0.1) is 25.7 Å². The number of anilines is 1. The van der Waals surface area contributed by atoms with Crippen molar-refractivity contribution in [3.8, 4) is 11.1 Å². The number of nitrogens with zero attached hydrogens (tertiary/aromatic N) is 3. The quantitative estimate of drug-likeness (QED) is 0.428. The molecule has 27 heavy (non-hydrogen) atoms. The molecule has 0 radical (unpaired) electrons. The molecule has 5 heteroatoms. The first kappa shape index (κ1) is 20.1. The van der Waals surface area contributed by atoms with Gasteiger partial charge in [0.1, 0.15) is 10.6 Å². The molecule has 0 fully saturated rings. The largest absolute Gasteiger partial charge is 0.355 e. The van der Waals surface area contributed by atoms with Crippen LogP contribution in [0.3, 0.4) is 0 Å². The molecular weight excluding hydrogens is 374 g/mol. The van der Waals surface area contributed by atoms with E-state index >= 15 is 0 Å². The fourth-order valence-corrected chi connectivity index (χ4v) is 4.75. The maximum Gasteiger partial charge on any atom is 0.225 e. The molecule has 0 aliphatic rings. The second-order valence-corrected chi connectivity index (χ2v) is 9.63. The summed E-state index contributed by atoms with van der Waals surface area (Å²) in [6.45, 7) is 15.1. The van der Waals surface area contributed by atoms with E-state index in [-0.39, 0.29) is 0 Å². The summed E-state index contributed by atoms with van der Waals surface area (Å²) in [4.78, 5) is 13.9. The number of benzene rings is 1. The number of aromatic nitrogens is 2. The van der Waals surface area contributed by atoms with E-state index < -0.39 is 0 Å². The zero-order valence-electron chi connectivity index (χ0n) is 17.0. The van der Waals surface area contributed by atoms with Gasteiger partial charge in [-0.25, -0.2) is 4.98 Å². The fraction of sp³-hybridized carbons (Fsp3) is 0.455. The summed E-state index contributed by atoms with van der Waals surface area (Å²) in [5.41, 5.74) is 3.71. The van der Waals surface area contributed by atoms with Gasteiger partial charge < -0.3 is 4.90 Å². The van der Waals surface area contributed by atoms with E-state index in [2.05, 4.69) is 75.7 Å². The van der Waals surface area contributed by atoms with E-state index in [1.54, 1.807) is 11.3 Å². The van der Waals surface area contributed by atoms with Crippen LogP contribution in [-0.2, 0) is 0 Å². The van der Waals surface area contributed by atoms with Crippen molar-refractivity contribution in [1.29, 1.82) is 0 Å². The first-order chi connectivity index (χ1) is 12.8. The third-order valence-electron chi connectivity index (χ3n) is 4.49. The van der Waals surface area contributed by atoms with Gasteiger partial charge in [0, 0.05) is 23.5 Å². The summed E-state index contributed by atoms with van der Waals surface area (Å²) in [6, 6.07) is 8.71. The Balaban J connectivity index is 2.26. The Morgan fingerprint density at radius 3 is 2.11 bits per heavy atom. The van der Waals surface area contributed by atoms with Gasteiger partial charge in [-0.05, 0) is 42.8 Å². The standard InChI is InChI=1S/C22H28ClN3S/c1-13(2)11-26(12-14(3)4)20-19-18(17-9-7-15(5)8-10-17)16(6)27-21(19)25-22(23)24-20/h7-10,13-14H,11-12H2,1-6H3. The average Bonchev–Trinajstić information content (AvgIpc) is 2.89. The molecule has 0 bridgehead atoms. The van der Waals surface area contributed by atoms with Crippen molar-refractivity contribution >= 4 is 39.0 Å². The molecule has 0 spiro atoms. The van der Waals surface area contributed by atoms with Crippen LogP contribution in [0.2, 0.25) is 5.28 Å². The Morgan fingerprint density at radius 2 is 1.56 bits per heavy atom. The molecule has 0 saturated heterocycles. The van der Waals surface area contributed by atoms with E-state index in [0.717, 1.165) is 29.1 Å². The molecule has 0 N–H and O–H groups in total. The lowest BCUT2D eigenvalue weighted by molar-refractivity contribution is 0.550. The summed E-state index contributed by atoms with van der Waals surface area (Å²) >= 11 is 8.03. The van der Waals surface area contributed by atoms with Crippen LogP contribution in [0.4, 0.5) is 5.82 Å². The van der Waals surface area contributed by atoms with E-state index in [1.165, 1.54) is 21.6 Å². The predicted octanol–water partition coefficient (Wildman–Crippen LogP) is 6.75. The van der Waals surface area contributed by atoms with Gasteiger partial charge in [0.15, 0.2) is 0 Å². The monoisotopic (exact) mass is 401 g/mol. The number of rotatable bonds is 6. The van der Waals surface area contributed by atoms with Crippen molar-refractivity contribution in [3.05, 3.63) is 40.0 Å². The molecule has 0 amide bonds. The highest BCUT2D eigenvalue weighted by Gasteiger charge is 2.22. The number of aryl methyl sites for hydroxylation is 2. The molecule has 2 heterocycles. The molecule has 0 unspecified atom stereocenters. The maximum absolute atomic E-state index is 6.33. The minimum Gasteiger partial charge on any atom is -0.355 e. The smallest absolute Gasteiger partial charge is 0.225 e. The highest BCUT2D eigenvalue weighted by Crippen LogP contribution is 2.42. The van der Waals surface area contributed by atoms with Crippen molar-refractivity contribution < 1.29 is 0 Å². The van der Waals surface area contributed by atoms with Crippen molar-refractivity contribution in [2.24, 2.45) is 11.8 Å². The summed E-state index contributed by atoms with van der Waals surface area (Å²) < 4.78 is 0. The second-order valence-electron chi connectivity index (χ2n) is 8.09. The Hall–Kier alpha value is -1.65. The normalized spacial score (nSPS) is 11.7. The van der Waals surface area contributed by atoms with Crippen LogP contribution >= 0.6 is 22.9 Å². The van der Waals surface area contributed by atoms with Crippen LogP contribution < -0.4 is 4.90 Å². The van der Waals surface area contributed by atoms with E-state index in [4.69, 9.17) is 16.6 Å². The lowest BCUT2D eigenvalue weighted by atomic mass is 10.0. The highest BCUT2D eigenvalue weighted by molar-refractivity contribution is 7.19. The van der Waals surface area contributed by atoms with Gasteiger partial charge in [-0.2, -0.15) is 4.98 Å². The SMILES string of the molecule is Cc1ccc(-c2c(C)sc3nc(Cl)nc(N(CC(C)C)CC(C)C)c23)cc1. The summed E-state index contributed by atoms with van der Waals surface area (Å²) in [5, 5.41) is 1.46. The molecule has 2 aromatic heterocycles. The third-order valence-corrected chi connectivity index (χ3v) is 5.66. The number of halogens is 1. The molecule has 3 nitrogen and oxygen atoms in total. The van der Waals surface area contributed by atoms with Crippen molar-refractivity contribution in [1.82, 2.24) is 9.97 Å². The van der Waals surface area contributed by atoms with Gasteiger partial charge in [-0.3, -0.25) is 0 Å². The Morgan fingerprint density at radius 1 is 0.963 bits per heavy atom. The Labute approximate surface area is 171 Å². The molecule has 3 aromatic rings. The molecule has 0 atom stereocenters. The lowest BCUT2D eigenvalue weighted by Gasteiger charge is -2.28. The molecule has 0 saturated carbocycles. The lowest BCUT2D eigenvalue weighted by Crippen LogP contribution is -2.32. The van der Waals surface area contributed by atoms with E-state index in [0.29, 0.717) is 17.1 Å². The number of hydrogen-bond acceptors (Lipinski definition) is 4. The van der Waals surface area contributed by atoms with Crippen LogP contribution in [0.25, 0.3) is 21.3 Å². The average molecular weight is 402 g/mol. The van der Waals surface area contributed by atoms with Gasteiger partial charge in [0.05, 0.1) is 5.39 Å². The Kier molecular flexibility index (Phi) is 6.07. The predicted molar refractivity (Wildman–Crippen MR) is 119 cm³/mol. The summed E-state index contributed by atoms with van der Waals surface area (Å²) in [5.74, 6) is 2.04. The summed E-state index contributed by atoms with van der Waals surface area (Å²) in [7, 11) is 0. The Bertz CT molecular complexity index is 919. The zero-order valence-corrected chi connectivity index (χ0v) is 18.6. The van der Waals surface area contributed by atoms with Gasteiger partial charge >= 0.3 is 0 Å². The van der Waals surface area contributed by atoms with Gasteiger partial charge in [-0.1, -0.05) is 57.5 Å². The minimum absolute atomic E-state index is 0.326. The minimum atomic E-state index is 0.326. The van der Waals surface area contributed by atoms with Gasteiger partial charge in [0.2, 0.25) is 5.28 Å². The number of thiophene rings is 1. The number of fused-ring (bicyclic) bond motifs is 1. The van der Waals surface area contributed by atoms with Crippen molar-refractivity contribution in [2.75, 3.05) is 18.0 Å². The zero-order chi connectivity index (χ0) is 19.7. The summed E-state index contributed by atoms with van der Waals surface area (Å²) in [6.07, 6.45) is 0. The van der Waals surface area contributed by atoms with Gasteiger partial charge in [0.25, 0.3) is 0 Å². The van der Waals surface area contributed by atoms with Crippen LogP contribution in [0.5, 0.6) is 0 Å². The van der Waals surface area contributed by atoms with Crippen molar-refractivity contribution in [3.63, 3.8) is 0 Å². The molecule has 144 valence electrons. The topological polar surface area (TPSA) is 29.0 Å². The molecule has 0 aliphatic heterocycles. The molecular formula is C22H28ClN3S. The van der Waals surface area contributed by atoms with E-state index in [9.17, 15) is 0 Å².